The van der Waals surface area contributed by atoms with Crippen molar-refractivity contribution in [2.24, 2.45) is 11.8 Å². The summed E-state index contributed by atoms with van der Waals surface area (Å²) in [5.41, 5.74) is 0.614. The highest BCUT2D eigenvalue weighted by Crippen LogP contribution is 2.22. The van der Waals surface area contributed by atoms with Gasteiger partial charge in [-0.1, -0.05) is 13.8 Å². The third-order valence-electron chi connectivity index (χ3n) is 5.16. The van der Waals surface area contributed by atoms with Gasteiger partial charge in [0.25, 0.3) is 0 Å². The van der Waals surface area contributed by atoms with Gasteiger partial charge in [-0.25, -0.2) is 4.98 Å². The first kappa shape index (κ1) is 17.7. The van der Waals surface area contributed by atoms with Crippen LogP contribution in [0.1, 0.15) is 25.8 Å². The Morgan fingerprint density at radius 3 is 2.56 bits per heavy atom. The lowest BCUT2D eigenvalue weighted by Crippen LogP contribution is -2.52. The molecule has 0 bridgehead atoms. The number of carbonyl (C=O) groups excluding carboxylic acids is 1. The quantitative estimate of drug-likeness (QED) is 0.835. The number of anilines is 1. The third-order valence-corrected chi connectivity index (χ3v) is 5.16. The Morgan fingerprint density at radius 1 is 1.24 bits per heavy atom. The normalized spacial score (nSPS) is 24.8. The first-order chi connectivity index (χ1) is 12.1. The Morgan fingerprint density at radius 2 is 1.92 bits per heavy atom. The van der Waals surface area contributed by atoms with E-state index in [-0.39, 0.29) is 5.91 Å². The van der Waals surface area contributed by atoms with Gasteiger partial charge in [-0.3, -0.25) is 9.69 Å². The molecule has 2 aliphatic rings. The van der Waals surface area contributed by atoms with E-state index in [0.29, 0.717) is 23.9 Å². The van der Waals surface area contributed by atoms with Crippen LogP contribution in [0.4, 0.5) is 5.82 Å². The van der Waals surface area contributed by atoms with Crippen LogP contribution < -0.4 is 4.90 Å². The molecule has 0 saturated carbocycles. The van der Waals surface area contributed by atoms with Crippen molar-refractivity contribution in [2.75, 3.05) is 50.7 Å². The van der Waals surface area contributed by atoms with Gasteiger partial charge in [0.05, 0.1) is 12.1 Å². The summed E-state index contributed by atoms with van der Waals surface area (Å²) >= 11 is 0. The number of aromatic nitrogens is 1. The van der Waals surface area contributed by atoms with Gasteiger partial charge >= 0.3 is 0 Å². The van der Waals surface area contributed by atoms with E-state index in [1.807, 2.05) is 4.90 Å². The zero-order chi connectivity index (χ0) is 17.8. The molecule has 2 atom stereocenters. The third kappa shape index (κ3) is 4.29. The highest BCUT2D eigenvalue weighted by atomic mass is 16.2. The van der Waals surface area contributed by atoms with Crippen molar-refractivity contribution < 1.29 is 4.79 Å². The second-order valence-electron chi connectivity index (χ2n) is 7.49. The summed E-state index contributed by atoms with van der Waals surface area (Å²) in [6.07, 6.45) is 2.94. The molecule has 0 spiro atoms. The lowest BCUT2D eigenvalue weighted by Gasteiger charge is -2.38. The van der Waals surface area contributed by atoms with Crippen molar-refractivity contribution >= 4 is 11.7 Å². The molecule has 2 aliphatic heterocycles. The second-order valence-corrected chi connectivity index (χ2v) is 7.49. The highest BCUT2D eigenvalue weighted by Gasteiger charge is 2.28. The molecule has 0 radical (unpaired) electrons. The zero-order valence-corrected chi connectivity index (χ0v) is 15.2. The number of hydrogen-bond acceptors (Lipinski definition) is 5. The summed E-state index contributed by atoms with van der Waals surface area (Å²) in [4.78, 5) is 23.4. The van der Waals surface area contributed by atoms with Gasteiger partial charge < -0.3 is 9.80 Å². The molecule has 3 rings (SSSR count). The Labute approximate surface area is 150 Å². The topological polar surface area (TPSA) is 63.5 Å². The number of rotatable bonds is 3. The van der Waals surface area contributed by atoms with Crippen LogP contribution in [0.3, 0.4) is 0 Å². The van der Waals surface area contributed by atoms with Crippen LogP contribution in [0, 0.1) is 23.2 Å². The number of hydrogen-bond donors (Lipinski definition) is 0. The molecular formula is C19H27N5O. The first-order valence-electron chi connectivity index (χ1n) is 9.17. The fourth-order valence-electron chi connectivity index (χ4n) is 4.01. The molecule has 6 nitrogen and oxygen atoms in total. The fourth-order valence-corrected chi connectivity index (χ4v) is 4.01. The molecule has 0 aliphatic carbocycles. The monoisotopic (exact) mass is 341 g/mol. The lowest BCUT2D eigenvalue weighted by molar-refractivity contribution is -0.135. The summed E-state index contributed by atoms with van der Waals surface area (Å²) in [7, 11) is 0. The summed E-state index contributed by atoms with van der Waals surface area (Å²) in [5.74, 6) is 2.20. The zero-order valence-electron chi connectivity index (χ0n) is 15.2. The molecule has 0 unspecified atom stereocenters. The minimum Gasteiger partial charge on any atom is -0.353 e. The largest absolute Gasteiger partial charge is 0.353 e. The van der Waals surface area contributed by atoms with Crippen LogP contribution in [-0.2, 0) is 4.79 Å². The molecule has 134 valence electrons. The maximum atomic E-state index is 12.6. The van der Waals surface area contributed by atoms with Crippen molar-refractivity contribution in [2.45, 2.75) is 20.3 Å². The van der Waals surface area contributed by atoms with Crippen LogP contribution in [0.2, 0.25) is 0 Å². The van der Waals surface area contributed by atoms with Crippen LogP contribution in [0.15, 0.2) is 18.3 Å². The fraction of sp³-hybridized carbons (Fsp3) is 0.632. The van der Waals surface area contributed by atoms with Crippen LogP contribution in [0.5, 0.6) is 0 Å². The average molecular weight is 341 g/mol. The number of nitrogens with zero attached hydrogens (tertiary/aromatic N) is 5. The number of piperidine rings is 1. The molecule has 0 aromatic carbocycles. The van der Waals surface area contributed by atoms with Crippen LogP contribution in [0.25, 0.3) is 0 Å². The molecule has 25 heavy (non-hydrogen) atoms. The van der Waals surface area contributed by atoms with E-state index >= 15 is 0 Å². The minimum absolute atomic E-state index is 0.252. The van der Waals surface area contributed by atoms with E-state index in [0.717, 1.165) is 45.1 Å². The number of piperazine rings is 1. The molecule has 0 N–H and O–H groups in total. The Bertz CT molecular complexity index is 637. The SMILES string of the molecule is C[C@@H]1C[C@H](C)CN(C(=O)CN2CCN(c3ncccc3C#N)CC2)C1. The van der Waals surface area contributed by atoms with Gasteiger partial charge in [0.15, 0.2) is 0 Å². The lowest BCUT2D eigenvalue weighted by atomic mass is 9.92. The van der Waals surface area contributed by atoms with Gasteiger partial charge in [0.2, 0.25) is 5.91 Å². The summed E-state index contributed by atoms with van der Waals surface area (Å²) in [5, 5.41) is 9.23. The first-order valence-corrected chi connectivity index (χ1v) is 9.17. The number of likely N-dealkylation sites (tertiary alicyclic amines) is 1. The number of amides is 1. The molecule has 3 heterocycles. The molecule has 6 heteroatoms. The Kier molecular flexibility index (Phi) is 5.54. The summed E-state index contributed by atoms with van der Waals surface area (Å²) in [6.45, 7) is 9.99. The summed E-state index contributed by atoms with van der Waals surface area (Å²) in [6, 6.07) is 5.80. The molecular weight excluding hydrogens is 314 g/mol. The highest BCUT2D eigenvalue weighted by molar-refractivity contribution is 5.78. The van der Waals surface area contributed by atoms with Crippen molar-refractivity contribution in [1.29, 1.82) is 5.26 Å². The smallest absolute Gasteiger partial charge is 0.236 e. The van der Waals surface area contributed by atoms with E-state index in [4.69, 9.17) is 0 Å². The maximum Gasteiger partial charge on any atom is 0.236 e. The van der Waals surface area contributed by atoms with Gasteiger partial charge in [0, 0.05) is 45.5 Å². The predicted molar refractivity (Wildman–Crippen MR) is 97.1 cm³/mol. The molecule has 1 amide bonds. The van der Waals surface area contributed by atoms with Gasteiger partial charge in [-0.15, -0.1) is 0 Å². The van der Waals surface area contributed by atoms with Crippen molar-refractivity contribution in [3.63, 3.8) is 0 Å². The van der Waals surface area contributed by atoms with E-state index in [2.05, 4.69) is 34.7 Å². The molecule has 1 aromatic heterocycles. The predicted octanol–water partition coefficient (Wildman–Crippen LogP) is 1.58. The minimum atomic E-state index is 0.252. The molecule has 2 fully saturated rings. The molecule has 2 saturated heterocycles. The molecule has 1 aromatic rings. The maximum absolute atomic E-state index is 12.6. The summed E-state index contributed by atoms with van der Waals surface area (Å²) < 4.78 is 0. The van der Waals surface area contributed by atoms with Crippen molar-refractivity contribution in [3.05, 3.63) is 23.9 Å². The van der Waals surface area contributed by atoms with Crippen molar-refractivity contribution in [3.8, 4) is 6.07 Å². The number of pyridine rings is 1. The van der Waals surface area contributed by atoms with E-state index in [1.165, 1.54) is 6.42 Å². The van der Waals surface area contributed by atoms with E-state index in [1.54, 1.807) is 18.3 Å². The van der Waals surface area contributed by atoms with Crippen LogP contribution >= 0.6 is 0 Å². The van der Waals surface area contributed by atoms with Gasteiger partial charge in [-0.05, 0) is 30.4 Å². The van der Waals surface area contributed by atoms with Gasteiger partial charge in [0.1, 0.15) is 11.9 Å². The Balaban J connectivity index is 1.53. The standard InChI is InChI=1S/C19H27N5O/c1-15-10-16(2)13-24(12-15)18(25)14-22-6-8-23(9-7-22)19-17(11-20)4-3-5-21-19/h3-5,15-16H,6-10,12-14H2,1-2H3/t15-,16+. The van der Waals surface area contributed by atoms with Gasteiger partial charge in [-0.2, -0.15) is 5.26 Å². The number of nitriles is 1. The average Bonchev–Trinajstić information content (AvgIpc) is 2.61. The van der Waals surface area contributed by atoms with E-state index < -0.39 is 0 Å². The second kappa shape index (κ2) is 7.83. The van der Waals surface area contributed by atoms with Crippen LogP contribution in [-0.4, -0.2) is 66.5 Å². The Hall–Kier alpha value is -2.13. The van der Waals surface area contributed by atoms with E-state index in [9.17, 15) is 10.1 Å². The van der Waals surface area contributed by atoms with Crippen molar-refractivity contribution in [1.82, 2.24) is 14.8 Å². The number of carbonyl (C=O) groups is 1.